The summed E-state index contributed by atoms with van der Waals surface area (Å²) in [6.45, 7) is 3.07. The van der Waals surface area contributed by atoms with Crippen LogP contribution in [-0.2, 0) is 25.1 Å². The third kappa shape index (κ3) is 6.26. The first-order chi connectivity index (χ1) is 15.4. The van der Waals surface area contributed by atoms with Gasteiger partial charge in [-0.3, -0.25) is 19.1 Å². The smallest absolute Gasteiger partial charge is 0.329 e. The van der Waals surface area contributed by atoms with Crippen molar-refractivity contribution in [1.29, 1.82) is 0 Å². The molecule has 4 atom stereocenters. The Labute approximate surface area is 187 Å². The fourth-order valence-electron chi connectivity index (χ4n) is 3.19. The van der Waals surface area contributed by atoms with Crippen molar-refractivity contribution < 1.29 is 43.7 Å². The molecule has 1 aromatic carbocycles. The number of hydrogen-bond acceptors (Lipinski definition) is 7. The number of urea groups is 1. The van der Waals surface area contributed by atoms with Gasteiger partial charge in [-0.05, 0) is 23.8 Å². The van der Waals surface area contributed by atoms with Crippen molar-refractivity contribution in [2.24, 2.45) is 0 Å². The number of benzene rings is 1. The van der Waals surface area contributed by atoms with Crippen LogP contribution in [0.25, 0.3) is 0 Å². The summed E-state index contributed by atoms with van der Waals surface area (Å²) >= 11 is 0. The number of hydrogen-bond donors (Lipinski definition) is 7. The number of nitrogens with zero attached hydrogens (tertiary/aromatic N) is 1. The summed E-state index contributed by atoms with van der Waals surface area (Å²) in [6.07, 6.45) is -3.79. The van der Waals surface area contributed by atoms with Gasteiger partial charge in [-0.15, -0.1) is 0 Å². The van der Waals surface area contributed by atoms with Gasteiger partial charge in [0, 0.05) is 17.6 Å². The molecule has 0 bridgehead atoms. The molecule has 2 heterocycles. The minimum Gasteiger partial charge on any atom is -0.387 e. The minimum absolute atomic E-state index is 0.320. The highest BCUT2D eigenvalue weighted by Gasteiger charge is 2.49. The molecular formula is C19H23N4O9P. The van der Waals surface area contributed by atoms with E-state index in [1.165, 1.54) is 36.5 Å². The van der Waals surface area contributed by atoms with Gasteiger partial charge in [-0.25, -0.2) is 4.79 Å². The number of carbonyl (C=O) groups excluding carboxylic acids is 3. The molecule has 7 N–H and O–H groups in total. The van der Waals surface area contributed by atoms with Crippen LogP contribution in [0.1, 0.15) is 5.56 Å². The second kappa shape index (κ2) is 9.83. The van der Waals surface area contributed by atoms with Crippen molar-refractivity contribution >= 4 is 31.1 Å². The quantitative estimate of drug-likeness (QED) is 0.236. The fourth-order valence-corrected chi connectivity index (χ4v) is 3.88. The molecule has 0 spiro atoms. The lowest BCUT2D eigenvalue weighted by Crippen LogP contribution is -2.49. The van der Waals surface area contributed by atoms with E-state index in [0.717, 1.165) is 4.90 Å². The van der Waals surface area contributed by atoms with E-state index in [2.05, 4.69) is 22.5 Å². The van der Waals surface area contributed by atoms with Crippen molar-refractivity contribution in [3.8, 4) is 0 Å². The van der Waals surface area contributed by atoms with Gasteiger partial charge in [0.25, 0.3) is 5.91 Å². The predicted molar refractivity (Wildman–Crippen MR) is 113 cm³/mol. The number of aliphatic hydroxyl groups is 2. The second-order valence-electron chi connectivity index (χ2n) is 7.39. The average Bonchev–Trinajstić information content (AvgIpc) is 3.01. The molecule has 0 radical (unpaired) electrons. The van der Waals surface area contributed by atoms with Gasteiger partial charge >= 0.3 is 13.6 Å². The van der Waals surface area contributed by atoms with Crippen molar-refractivity contribution in [1.82, 2.24) is 15.5 Å². The van der Waals surface area contributed by atoms with E-state index in [1.54, 1.807) is 0 Å². The molecule has 33 heavy (non-hydrogen) atoms. The van der Waals surface area contributed by atoms with E-state index in [0.29, 0.717) is 16.9 Å². The third-order valence-corrected chi connectivity index (χ3v) is 5.54. The third-order valence-electron chi connectivity index (χ3n) is 4.76. The largest absolute Gasteiger partial charge is 0.387 e. The number of allylic oxidation sites excluding steroid dienone is 1. The number of carbonyl (C=O) groups is 3. The molecule has 2 aliphatic rings. The van der Waals surface area contributed by atoms with Crippen molar-refractivity contribution in [2.45, 2.75) is 30.7 Å². The Morgan fingerprint density at radius 1 is 1.18 bits per heavy atom. The number of rotatable bonds is 7. The molecule has 0 unspecified atom stereocenters. The summed E-state index contributed by atoms with van der Waals surface area (Å²) in [5.74, 6) is -1.49. The predicted octanol–water partition coefficient (Wildman–Crippen LogP) is -1.08. The number of ether oxygens (including phenoxy) is 1. The zero-order valence-corrected chi connectivity index (χ0v) is 18.0. The molecule has 1 fully saturated rings. The standard InChI is InChI=1S/C19H23N4O9P/c1-10-6-7-23(19(28)21-10)18-15(26)14(25)16(32-18)17(27)20-8-13(24)22-12-4-2-11(3-5-12)9-33(29,30)31/h2-7,14-16,18,25-26H,1,8-9H2,(H,20,27)(H,21,28)(H,22,24)(H2,29,30,31)/t14-,15+,16-,18+/m0/s1. The van der Waals surface area contributed by atoms with E-state index in [4.69, 9.17) is 14.5 Å². The lowest BCUT2D eigenvalue weighted by atomic mass is 10.1. The van der Waals surface area contributed by atoms with Crippen LogP contribution in [0.3, 0.4) is 0 Å². The number of anilines is 1. The summed E-state index contributed by atoms with van der Waals surface area (Å²) in [4.78, 5) is 55.4. The van der Waals surface area contributed by atoms with E-state index in [9.17, 15) is 29.2 Å². The summed E-state index contributed by atoms with van der Waals surface area (Å²) in [5.41, 5.74) is 1.04. The Balaban J connectivity index is 1.52. The van der Waals surface area contributed by atoms with Gasteiger partial charge in [0.1, 0.15) is 12.2 Å². The molecule has 0 aromatic heterocycles. The van der Waals surface area contributed by atoms with Crippen LogP contribution in [0, 0.1) is 0 Å². The van der Waals surface area contributed by atoms with E-state index < -0.39 is 62.7 Å². The molecule has 1 saturated heterocycles. The van der Waals surface area contributed by atoms with Crippen LogP contribution in [0.5, 0.6) is 0 Å². The molecule has 2 aliphatic heterocycles. The van der Waals surface area contributed by atoms with Gasteiger partial charge in [0.2, 0.25) is 5.91 Å². The van der Waals surface area contributed by atoms with Crippen LogP contribution in [0.2, 0.25) is 0 Å². The molecule has 14 heteroatoms. The van der Waals surface area contributed by atoms with Gasteiger partial charge in [0.05, 0.1) is 12.7 Å². The Morgan fingerprint density at radius 3 is 2.45 bits per heavy atom. The fraction of sp³-hybridized carbons (Fsp3) is 0.316. The molecule has 4 amide bonds. The van der Waals surface area contributed by atoms with Gasteiger partial charge in [-0.2, -0.15) is 0 Å². The maximum absolute atomic E-state index is 12.4. The minimum atomic E-state index is -4.21. The molecule has 13 nitrogen and oxygen atoms in total. The molecule has 3 rings (SSSR count). The summed E-state index contributed by atoms with van der Waals surface area (Å²) < 4.78 is 16.4. The molecule has 0 saturated carbocycles. The van der Waals surface area contributed by atoms with Crippen LogP contribution < -0.4 is 16.0 Å². The number of aliphatic hydroxyl groups excluding tert-OH is 2. The molecule has 178 valence electrons. The molecule has 1 aromatic rings. The first kappa shape index (κ1) is 24.6. The highest BCUT2D eigenvalue weighted by Crippen LogP contribution is 2.39. The second-order valence-corrected chi connectivity index (χ2v) is 9.04. The topological polar surface area (TPSA) is 198 Å². The van der Waals surface area contributed by atoms with Crippen molar-refractivity contribution in [3.63, 3.8) is 0 Å². The number of nitrogens with one attached hydrogen (secondary N) is 3. The zero-order chi connectivity index (χ0) is 24.3. The van der Waals surface area contributed by atoms with Gasteiger partial charge < -0.3 is 40.7 Å². The van der Waals surface area contributed by atoms with E-state index in [1.807, 2.05) is 0 Å². The normalized spacial score (nSPS) is 25.0. The lowest BCUT2D eigenvalue weighted by molar-refractivity contribution is -0.139. The summed E-state index contributed by atoms with van der Waals surface area (Å²) in [5, 5.41) is 27.6. The Bertz CT molecular complexity index is 1020. The van der Waals surface area contributed by atoms with E-state index in [-0.39, 0.29) is 0 Å². The molecular weight excluding hydrogens is 459 g/mol. The Morgan fingerprint density at radius 2 is 1.85 bits per heavy atom. The lowest BCUT2D eigenvalue weighted by Gasteiger charge is -2.29. The molecule has 0 aliphatic carbocycles. The monoisotopic (exact) mass is 482 g/mol. The maximum atomic E-state index is 12.4. The first-order valence-electron chi connectivity index (χ1n) is 9.64. The van der Waals surface area contributed by atoms with E-state index >= 15 is 0 Å². The Hall–Kier alpha value is -3.06. The van der Waals surface area contributed by atoms with Crippen LogP contribution in [0.15, 0.2) is 48.8 Å². The zero-order valence-electron chi connectivity index (χ0n) is 17.1. The highest BCUT2D eigenvalue weighted by atomic mass is 31.2. The summed E-state index contributed by atoms with van der Waals surface area (Å²) in [6, 6.07) is 5.12. The van der Waals surface area contributed by atoms with Crippen molar-refractivity contribution in [3.05, 3.63) is 54.4 Å². The van der Waals surface area contributed by atoms with Crippen LogP contribution in [-0.4, -0.2) is 73.8 Å². The highest BCUT2D eigenvalue weighted by molar-refractivity contribution is 7.50. The first-order valence-corrected chi connectivity index (χ1v) is 11.4. The van der Waals surface area contributed by atoms with Gasteiger partial charge in [0.15, 0.2) is 12.3 Å². The summed E-state index contributed by atoms with van der Waals surface area (Å²) in [7, 11) is -4.21. The Kier molecular flexibility index (Phi) is 7.32. The van der Waals surface area contributed by atoms with Crippen LogP contribution in [0.4, 0.5) is 10.5 Å². The van der Waals surface area contributed by atoms with Crippen molar-refractivity contribution in [2.75, 3.05) is 11.9 Å². The average molecular weight is 482 g/mol. The SMILES string of the molecule is C=C1C=CN([C@@H]2O[C@H](C(=O)NCC(=O)Nc3ccc(CP(=O)(O)O)cc3)[C@@H](O)[C@H]2O)C(=O)N1. The van der Waals surface area contributed by atoms with Crippen LogP contribution >= 0.6 is 7.60 Å². The van der Waals surface area contributed by atoms with Gasteiger partial charge in [-0.1, -0.05) is 18.7 Å². The number of amides is 4. The maximum Gasteiger partial charge on any atom is 0.329 e.